The second-order valence-corrected chi connectivity index (χ2v) is 6.48. The van der Waals surface area contributed by atoms with E-state index < -0.39 is 0 Å². The highest BCUT2D eigenvalue weighted by Crippen LogP contribution is 2.19. The minimum absolute atomic E-state index is 0.209. The lowest BCUT2D eigenvalue weighted by Crippen LogP contribution is -2.47. The van der Waals surface area contributed by atoms with E-state index >= 15 is 0 Å². The maximum Gasteiger partial charge on any atom is 0.217 e. The molecule has 134 valence electrons. The average Bonchev–Trinajstić information content (AvgIpc) is 2.95. The van der Waals surface area contributed by atoms with Crippen LogP contribution >= 0.6 is 0 Å². The lowest BCUT2D eigenvalue weighted by Gasteiger charge is -2.34. The zero-order chi connectivity index (χ0) is 17.4. The topological polar surface area (TPSA) is 99.4 Å². The molecule has 1 unspecified atom stereocenters. The van der Waals surface area contributed by atoms with Crippen molar-refractivity contribution in [3.05, 3.63) is 17.5 Å². The predicted octanol–water partition coefficient (Wildman–Crippen LogP) is 1.20. The van der Waals surface area contributed by atoms with Crippen LogP contribution in [0.25, 0.3) is 0 Å². The third-order valence-corrected chi connectivity index (χ3v) is 4.44. The molecule has 2 rings (SSSR count). The first-order chi connectivity index (χ1) is 11.6. The number of rotatable bonds is 7. The van der Waals surface area contributed by atoms with Crippen LogP contribution in [0.3, 0.4) is 0 Å². The van der Waals surface area contributed by atoms with Crippen LogP contribution in [0.1, 0.15) is 43.9 Å². The summed E-state index contributed by atoms with van der Waals surface area (Å²) in [6, 6.07) is 0. The number of H-pyrrole nitrogens is 1. The highest BCUT2D eigenvalue weighted by molar-refractivity contribution is 5.80. The van der Waals surface area contributed by atoms with Crippen LogP contribution in [0, 0.1) is 12.8 Å². The number of hydrogen-bond donors (Lipinski definition) is 3. The van der Waals surface area contributed by atoms with Gasteiger partial charge in [-0.15, -0.1) is 0 Å². The predicted molar refractivity (Wildman–Crippen MR) is 95.7 cm³/mol. The first-order valence-corrected chi connectivity index (χ1v) is 8.90. The van der Waals surface area contributed by atoms with Gasteiger partial charge in [0.1, 0.15) is 0 Å². The van der Waals surface area contributed by atoms with Crippen LogP contribution in [0.4, 0.5) is 0 Å². The molecule has 0 saturated carbocycles. The van der Waals surface area contributed by atoms with E-state index in [-0.39, 0.29) is 5.91 Å². The highest BCUT2D eigenvalue weighted by atomic mass is 16.1. The fourth-order valence-corrected chi connectivity index (χ4v) is 3.22. The number of piperidine rings is 1. The first kappa shape index (κ1) is 18.3. The number of nitrogens with two attached hydrogens (primary N) is 1. The van der Waals surface area contributed by atoms with Crippen molar-refractivity contribution in [2.24, 2.45) is 16.6 Å². The molecule has 1 amide bonds. The van der Waals surface area contributed by atoms with Crippen molar-refractivity contribution in [1.82, 2.24) is 20.4 Å². The van der Waals surface area contributed by atoms with Crippen LogP contribution in [0.2, 0.25) is 0 Å². The molecule has 0 radical (unpaired) electrons. The summed E-state index contributed by atoms with van der Waals surface area (Å²) in [5, 5.41) is 10.4. The Balaban J connectivity index is 1.87. The second-order valence-electron chi connectivity index (χ2n) is 6.48. The molecule has 1 aliphatic rings. The van der Waals surface area contributed by atoms with Crippen LogP contribution in [-0.2, 0) is 11.2 Å². The number of likely N-dealkylation sites (tertiary alicyclic amines) is 1. The first-order valence-electron chi connectivity index (χ1n) is 8.90. The molecular weight excluding hydrogens is 304 g/mol. The molecule has 24 heavy (non-hydrogen) atoms. The molecule has 1 atom stereocenters. The number of aromatic amines is 1. The number of aromatic nitrogens is 2. The molecule has 1 aromatic heterocycles. The number of carbonyl (C=O) groups is 1. The van der Waals surface area contributed by atoms with Gasteiger partial charge in [-0.05, 0) is 51.0 Å². The summed E-state index contributed by atoms with van der Waals surface area (Å²) in [5.41, 5.74) is 7.74. The van der Waals surface area contributed by atoms with Crippen molar-refractivity contribution in [2.45, 2.75) is 46.0 Å². The van der Waals surface area contributed by atoms with Gasteiger partial charge in [0, 0.05) is 38.3 Å². The summed E-state index contributed by atoms with van der Waals surface area (Å²) in [4.78, 5) is 18.2. The summed E-state index contributed by atoms with van der Waals surface area (Å²) in [7, 11) is 0. The number of nitrogens with zero attached hydrogens (tertiary/aromatic N) is 3. The zero-order valence-electron chi connectivity index (χ0n) is 14.8. The smallest absolute Gasteiger partial charge is 0.217 e. The fraction of sp³-hybridized carbons (Fsp3) is 0.706. The standard InChI is InChI=1S/C17H30N6O/c1-3-19-17(20-8-4-7-15-11-21-22-13(15)2)23-9-5-6-14(12-23)10-16(18)24/h11,14H,3-10,12H2,1-2H3,(H2,18,24)(H,19,20)(H,21,22). The van der Waals surface area contributed by atoms with E-state index in [0.29, 0.717) is 12.3 Å². The highest BCUT2D eigenvalue weighted by Gasteiger charge is 2.23. The Morgan fingerprint density at radius 1 is 1.58 bits per heavy atom. The van der Waals surface area contributed by atoms with Gasteiger partial charge in [0.2, 0.25) is 5.91 Å². The molecule has 7 heteroatoms. The fourth-order valence-electron chi connectivity index (χ4n) is 3.22. The van der Waals surface area contributed by atoms with Crippen molar-refractivity contribution >= 4 is 11.9 Å². The van der Waals surface area contributed by atoms with Crippen molar-refractivity contribution in [1.29, 1.82) is 0 Å². The Morgan fingerprint density at radius 2 is 2.42 bits per heavy atom. The van der Waals surface area contributed by atoms with Gasteiger partial charge in [-0.25, -0.2) is 0 Å². The number of nitrogens with one attached hydrogen (secondary N) is 2. The lowest BCUT2D eigenvalue weighted by atomic mass is 9.95. The van der Waals surface area contributed by atoms with Crippen LogP contribution < -0.4 is 11.1 Å². The summed E-state index contributed by atoms with van der Waals surface area (Å²) >= 11 is 0. The molecule has 0 aliphatic carbocycles. The third-order valence-electron chi connectivity index (χ3n) is 4.44. The molecule has 0 bridgehead atoms. The molecule has 1 aliphatic heterocycles. The molecule has 7 nitrogen and oxygen atoms in total. The Morgan fingerprint density at radius 3 is 3.08 bits per heavy atom. The third kappa shape index (κ3) is 5.54. The van der Waals surface area contributed by atoms with Crippen molar-refractivity contribution in [2.75, 3.05) is 26.2 Å². The number of aryl methyl sites for hydroxylation is 2. The SMILES string of the molecule is CCNC(=NCCCc1cn[nH]c1C)N1CCCC(CC(N)=O)C1. The van der Waals surface area contributed by atoms with E-state index in [1.807, 2.05) is 13.1 Å². The number of hydrogen-bond acceptors (Lipinski definition) is 3. The summed E-state index contributed by atoms with van der Waals surface area (Å²) in [6.45, 7) is 7.59. The van der Waals surface area contributed by atoms with Crippen molar-refractivity contribution < 1.29 is 4.79 Å². The summed E-state index contributed by atoms with van der Waals surface area (Å²) < 4.78 is 0. The lowest BCUT2D eigenvalue weighted by molar-refractivity contribution is -0.119. The van der Waals surface area contributed by atoms with Gasteiger partial charge in [-0.3, -0.25) is 14.9 Å². The van der Waals surface area contributed by atoms with Crippen LogP contribution in [-0.4, -0.2) is 53.1 Å². The Kier molecular flexibility index (Phi) is 7.08. The minimum Gasteiger partial charge on any atom is -0.370 e. The van der Waals surface area contributed by atoms with E-state index in [2.05, 4.69) is 27.3 Å². The maximum atomic E-state index is 11.2. The van der Waals surface area contributed by atoms with E-state index in [1.54, 1.807) is 0 Å². The molecule has 4 N–H and O–H groups in total. The molecule has 0 spiro atoms. The summed E-state index contributed by atoms with van der Waals surface area (Å²) in [5.74, 6) is 1.09. The largest absolute Gasteiger partial charge is 0.370 e. The van der Waals surface area contributed by atoms with Gasteiger partial charge in [-0.1, -0.05) is 0 Å². The Bertz CT molecular complexity index is 553. The number of aliphatic imine (C=N–C) groups is 1. The van der Waals surface area contributed by atoms with Gasteiger partial charge < -0.3 is 16.0 Å². The zero-order valence-corrected chi connectivity index (χ0v) is 14.8. The second kappa shape index (κ2) is 9.30. The van der Waals surface area contributed by atoms with Gasteiger partial charge >= 0.3 is 0 Å². The minimum atomic E-state index is -0.209. The van der Waals surface area contributed by atoms with Gasteiger partial charge in [0.25, 0.3) is 0 Å². The van der Waals surface area contributed by atoms with E-state index in [1.165, 1.54) is 5.56 Å². The molecule has 1 saturated heterocycles. The number of amides is 1. The number of carbonyl (C=O) groups excluding carboxylic acids is 1. The van der Waals surface area contributed by atoms with Crippen molar-refractivity contribution in [3.63, 3.8) is 0 Å². The molecule has 1 fully saturated rings. The molecule has 1 aromatic rings. The average molecular weight is 334 g/mol. The van der Waals surface area contributed by atoms with Crippen LogP contribution in [0.15, 0.2) is 11.2 Å². The Hall–Kier alpha value is -2.05. The summed E-state index contributed by atoms with van der Waals surface area (Å²) in [6.07, 6.45) is 6.48. The van der Waals surface area contributed by atoms with E-state index in [0.717, 1.165) is 63.5 Å². The monoisotopic (exact) mass is 334 g/mol. The Labute approximate surface area is 144 Å². The van der Waals surface area contributed by atoms with Gasteiger partial charge in [0.15, 0.2) is 5.96 Å². The van der Waals surface area contributed by atoms with Crippen molar-refractivity contribution in [3.8, 4) is 0 Å². The van der Waals surface area contributed by atoms with E-state index in [4.69, 9.17) is 10.7 Å². The van der Waals surface area contributed by atoms with Gasteiger partial charge in [-0.2, -0.15) is 5.10 Å². The number of guanidine groups is 1. The van der Waals surface area contributed by atoms with Gasteiger partial charge in [0.05, 0.1) is 6.20 Å². The van der Waals surface area contributed by atoms with Crippen LogP contribution in [0.5, 0.6) is 0 Å². The number of primary amides is 1. The molecule has 2 heterocycles. The quantitative estimate of drug-likeness (QED) is 0.396. The molecular formula is C17H30N6O. The molecule has 0 aromatic carbocycles. The maximum absolute atomic E-state index is 11.2. The normalized spacial score (nSPS) is 18.7. The van der Waals surface area contributed by atoms with E-state index in [9.17, 15) is 4.79 Å².